The molecule has 1 heterocycles. The first-order valence-electron chi connectivity index (χ1n) is 7.77. The molecule has 3 rings (SSSR count). The fourth-order valence-corrected chi connectivity index (χ4v) is 2.63. The van der Waals surface area contributed by atoms with Gasteiger partial charge in [-0.2, -0.15) is 4.99 Å². The first kappa shape index (κ1) is 15.7. The van der Waals surface area contributed by atoms with Gasteiger partial charge in [0.15, 0.2) is 0 Å². The molecule has 1 N–H and O–H groups in total. The maximum absolute atomic E-state index is 12.2. The Bertz CT molecular complexity index is 983. The van der Waals surface area contributed by atoms with E-state index in [1.165, 1.54) is 6.08 Å². The third kappa shape index (κ3) is 3.27. The number of aromatic nitrogens is 1. The molecular weight excluding hydrogens is 298 g/mol. The lowest BCUT2D eigenvalue weighted by Gasteiger charge is -2.05. The van der Waals surface area contributed by atoms with Crippen molar-refractivity contribution in [1.29, 1.82) is 0 Å². The molecule has 4 heteroatoms. The van der Waals surface area contributed by atoms with E-state index in [-0.39, 0.29) is 5.91 Å². The highest BCUT2D eigenvalue weighted by Gasteiger charge is 2.00. The van der Waals surface area contributed by atoms with Crippen LogP contribution in [0, 0.1) is 0 Å². The molecule has 0 aliphatic heterocycles. The number of anilines is 1. The average molecular weight is 317 g/mol. The van der Waals surface area contributed by atoms with E-state index >= 15 is 0 Å². The number of nitrogens with one attached hydrogen (secondary N) is 1. The number of para-hydroxylation sites is 2. The molecule has 4 nitrogen and oxygen atoms in total. The molecule has 0 aliphatic carbocycles. The Kier molecular flexibility index (Phi) is 4.57. The van der Waals surface area contributed by atoms with Gasteiger partial charge in [-0.05, 0) is 41.3 Å². The molecule has 0 unspecified atom stereocenters. The second-order valence-corrected chi connectivity index (χ2v) is 5.43. The number of hydrogen-bond acceptors (Lipinski definition) is 2. The van der Waals surface area contributed by atoms with Gasteiger partial charge in [-0.3, -0.25) is 4.79 Å². The third-order valence-corrected chi connectivity index (χ3v) is 3.91. The minimum Gasteiger partial charge on any atom is -0.388 e. The van der Waals surface area contributed by atoms with Gasteiger partial charge in [0, 0.05) is 31.4 Å². The summed E-state index contributed by atoms with van der Waals surface area (Å²) in [6.45, 7) is 0. The van der Waals surface area contributed by atoms with Crippen LogP contribution in [0.1, 0.15) is 5.56 Å². The predicted octanol–water partition coefficient (Wildman–Crippen LogP) is 3.36. The molecule has 0 radical (unpaired) electrons. The number of carbonyl (C=O) groups is 1. The molecule has 0 saturated carbocycles. The SMILES string of the molecule is CNc1ccccc1/C=C\C(=O)N=c1ccc2ccccc2n1C. The van der Waals surface area contributed by atoms with Crippen molar-refractivity contribution >= 4 is 28.6 Å². The molecule has 0 aliphatic rings. The third-order valence-electron chi connectivity index (χ3n) is 3.91. The lowest BCUT2D eigenvalue weighted by Crippen LogP contribution is -2.19. The fraction of sp³-hybridized carbons (Fsp3) is 0.100. The average Bonchev–Trinajstić information content (AvgIpc) is 2.63. The number of carbonyl (C=O) groups excluding carboxylic acids is 1. The number of hydrogen-bond donors (Lipinski definition) is 1. The fourth-order valence-electron chi connectivity index (χ4n) is 2.63. The van der Waals surface area contributed by atoms with Crippen molar-refractivity contribution in [2.75, 3.05) is 12.4 Å². The normalized spacial score (nSPS) is 12.0. The molecule has 120 valence electrons. The number of rotatable bonds is 3. The Morgan fingerprint density at radius 2 is 1.79 bits per heavy atom. The molecule has 0 bridgehead atoms. The summed E-state index contributed by atoms with van der Waals surface area (Å²) in [6.07, 6.45) is 3.27. The van der Waals surface area contributed by atoms with Crippen LogP contribution in [0.2, 0.25) is 0 Å². The quantitative estimate of drug-likeness (QED) is 0.753. The van der Waals surface area contributed by atoms with E-state index < -0.39 is 0 Å². The smallest absolute Gasteiger partial charge is 0.271 e. The predicted molar refractivity (Wildman–Crippen MR) is 98.5 cm³/mol. The van der Waals surface area contributed by atoms with Crippen LogP contribution in [0.4, 0.5) is 5.69 Å². The van der Waals surface area contributed by atoms with Gasteiger partial charge in [0.1, 0.15) is 5.49 Å². The van der Waals surface area contributed by atoms with Crippen LogP contribution < -0.4 is 10.8 Å². The van der Waals surface area contributed by atoms with Gasteiger partial charge in [-0.15, -0.1) is 0 Å². The number of aryl methyl sites for hydroxylation is 1. The highest BCUT2D eigenvalue weighted by Crippen LogP contribution is 2.15. The summed E-state index contributed by atoms with van der Waals surface area (Å²) >= 11 is 0. The van der Waals surface area contributed by atoms with Gasteiger partial charge in [0.2, 0.25) is 0 Å². The first-order valence-corrected chi connectivity index (χ1v) is 7.77. The molecule has 0 atom stereocenters. The molecule has 3 aromatic rings. The molecule has 0 spiro atoms. The molecule has 0 saturated heterocycles. The van der Waals surface area contributed by atoms with Gasteiger partial charge < -0.3 is 9.88 Å². The van der Waals surface area contributed by atoms with Gasteiger partial charge in [-0.25, -0.2) is 0 Å². The second-order valence-electron chi connectivity index (χ2n) is 5.43. The van der Waals surface area contributed by atoms with Crippen molar-refractivity contribution in [3.8, 4) is 0 Å². The van der Waals surface area contributed by atoms with Crippen LogP contribution in [0.5, 0.6) is 0 Å². The number of amides is 1. The Labute approximate surface area is 140 Å². The van der Waals surface area contributed by atoms with Crippen molar-refractivity contribution in [1.82, 2.24) is 4.57 Å². The summed E-state index contributed by atoms with van der Waals surface area (Å²) in [7, 11) is 3.77. The first-order chi connectivity index (χ1) is 11.7. The number of nitrogens with zero attached hydrogens (tertiary/aromatic N) is 2. The second kappa shape index (κ2) is 6.96. The molecule has 24 heavy (non-hydrogen) atoms. The standard InChI is InChI=1S/C20H19N3O/c1-21-17-9-5-3-7-15(17)12-14-20(24)22-19-13-11-16-8-4-6-10-18(16)23(19)2/h3-14,21H,1-2H3/b14-12-,22-19?. The summed E-state index contributed by atoms with van der Waals surface area (Å²) in [5.74, 6) is -0.285. The summed E-state index contributed by atoms with van der Waals surface area (Å²) < 4.78 is 1.92. The summed E-state index contributed by atoms with van der Waals surface area (Å²) in [6, 6.07) is 19.6. The topological polar surface area (TPSA) is 46.4 Å². The summed E-state index contributed by atoms with van der Waals surface area (Å²) in [5, 5.41) is 4.22. The van der Waals surface area contributed by atoms with E-state index in [0.717, 1.165) is 22.2 Å². The van der Waals surface area contributed by atoms with Crippen molar-refractivity contribution < 1.29 is 4.79 Å². The van der Waals surface area contributed by atoms with Gasteiger partial charge in [-0.1, -0.05) is 36.4 Å². The Hall–Kier alpha value is -3.14. The number of fused-ring (bicyclic) bond motifs is 1. The van der Waals surface area contributed by atoms with Gasteiger partial charge >= 0.3 is 0 Å². The van der Waals surface area contributed by atoms with Crippen LogP contribution in [-0.4, -0.2) is 17.5 Å². The highest BCUT2D eigenvalue weighted by atomic mass is 16.1. The zero-order chi connectivity index (χ0) is 16.9. The van der Waals surface area contributed by atoms with Gasteiger partial charge in [0.25, 0.3) is 5.91 Å². The number of benzene rings is 2. The van der Waals surface area contributed by atoms with Crippen LogP contribution in [-0.2, 0) is 11.8 Å². The van der Waals surface area contributed by atoms with Crippen LogP contribution in [0.3, 0.4) is 0 Å². The zero-order valence-electron chi connectivity index (χ0n) is 13.7. The summed E-state index contributed by atoms with van der Waals surface area (Å²) in [4.78, 5) is 16.4. The Morgan fingerprint density at radius 3 is 2.62 bits per heavy atom. The largest absolute Gasteiger partial charge is 0.388 e. The van der Waals surface area contributed by atoms with E-state index in [1.807, 2.05) is 79.3 Å². The monoisotopic (exact) mass is 317 g/mol. The lowest BCUT2D eigenvalue weighted by molar-refractivity contribution is -0.113. The molecule has 0 fully saturated rings. The van der Waals surface area contributed by atoms with E-state index in [4.69, 9.17) is 0 Å². The minimum absolute atomic E-state index is 0.285. The van der Waals surface area contributed by atoms with Crippen LogP contribution in [0.25, 0.3) is 17.0 Å². The Balaban J connectivity index is 1.93. The number of pyridine rings is 1. The molecule has 1 aromatic heterocycles. The van der Waals surface area contributed by atoms with E-state index in [0.29, 0.717) is 5.49 Å². The highest BCUT2D eigenvalue weighted by molar-refractivity contribution is 5.93. The van der Waals surface area contributed by atoms with Crippen molar-refractivity contribution in [2.24, 2.45) is 12.0 Å². The molecule has 1 amide bonds. The van der Waals surface area contributed by atoms with Crippen molar-refractivity contribution in [3.63, 3.8) is 0 Å². The van der Waals surface area contributed by atoms with E-state index in [1.54, 1.807) is 6.08 Å². The summed E-state index contributed by atoms with van der Waals surface area (Å²) in [5.41, 5.74) is 3.59. The van der Waals surface area contributed by atoms with Crippen LogP contribution in [0.15, 0.2) is 71.7 Å². The zero-order valence-corrected chi connectivity index (χ0v) is 13.7. The lowest BCUT2D eigenvalue weighted by atomic mass is 10.1. The molecule has 2 aromatic carbocycles. The Morgan fingerprint density at radius 1 is 1.04 bits per heavy atom. The maximum Gasteiger partial charge on any atom is 0.271 e. The van der Waals surface area contributed by atoms with Crippen molar-refractivity contribution in [2.45, 2.75) is 0 Å². The van der Waals surface area contributed by atoms with Crippen molar-refractivity contribution in [3.05, 3.63) is 77.8 Å². The van der Waals surface area contributed by atoms with E-state index in [9.17, 15) is 4.79 Å². The molecular formula is C20H19N3O. The van der Waals surface area contributed by atoms with Gasteiger partial charge in [0.05, 0.1) is 0 Å². The van der Waals surface area contributed by atoms with Crippen LogP contribution >= 0.6 is 0 Å². The van der Waals surface area contributed by atoms with E-state index in [2.05, 4.69) is 10.3 Å². The maximum atomic E-state index is 12.2. The minimum atomic E-state index is -0.285.